The van der Waals surface area contributed by atoms with Crippen LogP contribution in [0.4, 0.5) is 0 Å². The molecule has 29 heavy (non-hydrogen) atoms. The highest BCUT2D eigenvalue weighted by molar-refractivity contribution is 9.11. The summed E-state index contributed by atoms with van der Waals surface area (Å²) in [5.74, 6) is -1.53. The molecule has 1 aliphatic rings. The van der Waals surface area contributed by atoms with Crippen molar-refractivity contribution < 1.29 is 23.9 Å². The third-order valence-electron chi connectivity index (χ3n) is 4.66. The number of likely N-dealkylation sites (N-methyl/N-ethyl adjacent to an activating group) is 1. The maximum atomic E-state index is 12.6. The zero-order chi connectivity index (χ0) is 21.6. The number of amides is 3. The Morgan fingerprint density at radius 3 is 2.72 bits per heavy atom. The van der Waals surface area contributed by atoms with Gasteiger partial charge in [0.2, 0.25) is 11.8 Å². The van der Waals surface area contributed by atoms with E-state index in [9.17, 15) is 19.2 Å². The predicted octanol–water partition coefficient (Wildman–Crippen LogP) is 1.89. The Morgan fingerprint density at radius 2 is 2.10 bits per heavy atom. The summed E-state index contributed by atoms with van der Waals surface area (Å²) >= 11 is 4.57. The van der Waals surface area contributed by atoms with Crippen molar-refractivity contribution >= 4 is 51.0 Å². The zero-order valence-electron chi connectivity index (χ0n) is 16.8. The third kappa shape index (κ3) is 6.53. The van der Waals surface area contributed by atoms with Crippen molar-refractivity contribution in [1.29, 1.82) is 0 Å². The molecule has 1 N–H and O–H groups in total. The molecule has 8 nitrogen and oxygen atoms in total. The largest absolute Gasteiger partial charge is 0.466 e. The van der Waals surface area contributed by atoms with E-state index >= 15 is 0 Å². The molecule has 2 unspecified atom stereocenters. The summed E-state index contributed by atoms with van der Waals surface area (Å²) in [6.07, 6.45) is 1.41. The number of hydrogen-bond donors (Lipinski definition) is 1. The standard InChI is InChI=1S/C19H26BrN3O5S/c1-4-28-19(27)13-6-5-9-23(10-13)16(24)11-22(3)18(26)12(2)21-17(25)14-7-8-15(20)29-14/h7-8,12-13H,4-6,9-11H2,1-3H3,(H,21,25). The number of hydrogen-bond acceptors (Lipinski definition) is 6. The van der Waals surface area contributed by atoms with Gasteiger partial charge in [0, 0.05) is 20.1 Å². The highest BCUT2D eigenvalue weighted by Gasteiger charge is 2.30. The lowest BCUT2D eigenvalue weighted by Gasteiger charge is -2.33. The van der Waals surface area contributed by atoms with Crippen molar-refractivity contribution in [3.8, 4) is 0 Å². The van der Waals surface area contributed by atoms with E-state index in [0.29, 0.717) is 31.0 Å². The van der Waals surface area contributed by atoms with Gasteiger partial charge in [0.1, 0.15) is 6.04 Å². The zero-order valence-corrected chi connectivity index (χ0v) is 19.2. The lowest BCUT2D eigenvalue weighted by atomic mass is 9.98. The third-order valence-corrected chi connectivity index (χ3v) is 6.28. The van der Waals surface area contributed by atoms with Gasteiger partial charge in [-0.1, -0.05) is 0 Å². The molecule has 1 saturated heterocycles. The van der Waals surface area contributed by atoms with Crippen molar-refractivity contribution in [3.63, 3.8) is 0 Å². The van der Waals surface area contributed by atoms with Crippen LogP contribution >= 0.6 is 27.3 Å². The van der Waals surface area contributed by atoms with Gasteiger partial charge in [-0.05, 0) is 54.8 Å². The average molecular weight is 488 g/mol. The van der Waals surface area contributed by atoms with Gasteiger partial charge in [0.05, 0.1) is 27.7 Å². The minimum absolute atomic E-state index is 0.112. The van der Waals surface area contributed by atoms with Gasteiger partial charge in [0.25, 0.3) is 5.91 Å². The fraction of sp³-hybridized carbons (Fsp3) is 0.579. The van der Waals surface area contributed by atoms with Crippen LogP contribution in [-0.2, 0) is 19.1 Å². The Bertz CT molecular complexity index is 769. The second-order valence-corrected chi connectivity index (χ2v) is 9.39. The van der Waals surface area contributed by atoms with E-state index in [1.54, 1.807) is 30.9 Å². The smallest absolute Gasteiger partial charge is 0.310 e. The number of thiophene rings is 1. The van der Waals surface area contributed by atoms with E-state index < -0.39 is 6.04 Å². The van der Waals surface area contributed by atoms with Gasteiger partial charge in [-0.2, -0.15) is 0 Å². The first kappa shape index (κ1) is 23.3. The van der Waals surface area contributed by atoms with Crippen molar-refractivity contribution in [3.05, 3.63) is 20.8 Å². The van der Waals surface area contributed by atoms with E-state index in [1.807, 2.05) is 0 Å². The van der Waals surface area contributed by atoms with E-state index in [0.717, 1.165) is 10.2 Å². The number of esters is 1. The lowest BCUT2D eigenvalue weighted by molar-refractivity contribution is -0.152. The normalized spacial score (nSPS) is 17.4. The molecule has 0 aromatic carbocycles. The Morgan fingerprint density at radius 1 is 1.38 bits per heavy atom. The summed E-state index contributed by atoms with van der Waals surface area (Å²) in [4.78, 5) is 52.7. The molecular formula is C19H26BrN3O5S. The number of halogens is 1. The SMILES string of the molecule is CCOC(=O)C1CCCN(C(=O)CN(C)C(=O)C(C)NC(=O)c2ccc(Br)s2)C1. The minimum Gasteiger partial charge on any atom is -0.466 e. The summed E-state index contributed by atoms with van der Waals surface area (Å²) in [7, 11) is 1.53. The van der Waals surface area contributed by atoms with Gasteiger partial charge >= 0.3 is 5.97 Å². The van der Waals surface area contributed by atoms with E-state index in [-0.39, 0.29) is 36.2 Å². The van der Waals surface area contributed by atoms with Gasteiger partial charge in [-0.3, -0.25) is 19.2 Å². The molecule has 10 heteroatoms. The van der Waals surface area contributed by atoms with Crippen LogP contribution in [0, 0.1) is 5.92 Å². The topological polar surface area (TPSA) is 96.0 Å². The van der Waals surface area contributed by atoms with E-state index in [1.165, 1.54) is 23.3 Å². The molecule has 2 rings (SSSR count). The average Bonchev–Trinajstić information content (AvgIpc) is 3.14. The molecule has 1 fully saturated rings. The Kier molecular flexibility index (Phi) is 8.63. The fourth-order valence-corrected chi connectivity index (χ4v) is 4.42. The quantitative estimate of drug-likeness (QED) is 0.592. The van der Waals surface area contributed by atoms with Gasteiger partial charge in [-0.25, -0.2) is 0 Å². The number of piperidine rings is 1. The van der Waals surface area contributed by atoms with Crippen molar-refractivity contribution in [2.24, 2.45) is 5.92 Å². The van der Waals surface area contributed by atoms with E-state index in [2.05, 4.69) is 21.2 Å². The molecular weight excluding hydrogens is 462 g/mol. The van der Waals surface area contributed by atoms with Crippen molar-refractivity contribution in [2.45, 2.75) is 32.7 Å². The lowest BCUT2D eigenvalue weighted by Crippen LogP contribution is -2.50. The molecule has 0 bridgehead atoms. The summed E-state index contributed by atoms with van der Waals surface area (Å²) in [5, 5.41) is 2.65. The molecule has 1 aliphatic heterocycles. The van der Waals surface area contributed by atoms with E-state index in [4.69, 9.17) is 4.74 Å². The van der Waals surface area contributed by atoms with Gasteiger partial charge in [0.15, 0.2) is 0 Å². The predicted molar refractivity (Wildman–Crippen MR) is 113 cm³/mol. The summed E-state index contributed by atoms with van der Waals surface area (Å²) in [6.45, 7) is 4.39. The molecule has 0 saturated carbocycles. The monoisotopic (exact) mass is 487 g/mol. The molecule has 160 valence electrons. The van der Waals surface area contributed by atoms with Crippen LogP contribution in [0.3, 0.4) is 0 Å². The van der Waals surface area contributed by atoms with Crippen LogP contribution in [0.15, 0.2) is 15.9 Å². The first-order valence-electron chi connectivity index (χ1n) is 9.48. The summed E-state index contributed by atoms with van der Waals surface area (Å²) in [6, 6.07) is 2.67. The van der Waals surface area contributed by atoms with Crippen LogP contribution in [0.5, 0.6) is 0 Å². The second kappa shape index (κ2) is 10.7. The molecule has 0 radical (unpaired) electrons. The number of nitrogens with zero attached hydrogens (tertiary/aromatic N) is 2. The number of rotatable bonds is 7. The minimum atomic E-state index is -0.769. The molecule has 0 spiro atoms. The second-order valence-electron chi connectivity index (χ2n) is 6.92. The number of carbonyl (C=O) groups excluding carboxylic acids is 4. The van der Waals surface area contributed by atoms with Crippen molar-refractivity contribution in [1.82, 2.24) is 15.1 Å². The van der Waals surface area contributed by atoms with Crippen LogP contribution in [-0.4, -0.2) is 72.8 Å². The maximum absolute atomic E-state index is 12.6. The van der Waals surface area contributed by atoms with Gasteiger partial charge < -0.3 is 19.9 Å². The number of ether oxygens (including phenoxy) is 1. The van der Waals surface area contributed by atoms with Crippen LogP contribution in [0.2, 0.25) is 0 Å². The Hall–Kier alpha value is -1.94. The molecule has 2 atom stereocenters. The van der Waals surface area contributed by atoms with Crippen LogP contribution in [0.25, 0.3) is 0 Å². The van der Waals surface area contributed by atoms with Crippen LogP contribution in [0.1, 0.15) is 36.4 Å². The molecule has 1 aromatic rings. The summed E-state index contributed by atoms with van der Waals surface area (Å²) < 4.78 is 5.88. The Labute approximate surface area is 182 Å². The van der Waals surface area contributed by atoms with Gasteiger partial charge in [-0.15, -0.1) is 11.3 Å². The summed E-state index contributed by atoms with van der Waals surface area (Å²) in [5.41, 5.74) is 0. The highest BCUT2D eigenvalue weighted by atomic mass is 79.9. The molecule has 0 aliphatic carbocycles. The molecule has 1 aromatic heterocycles. The number of carbonyl (C=O) groups is 4. The molecule has 3 amide bonds. The number of nitrogens with one attached hydrogen (secondary N) is 1. The van der Waals surface area contributed by atoms with Crippen molar-refractivity contribution in [2.75, 3.05) is 33.3 Å². The number of likely N-dealkylation sites (tertiary alicyclic amines) is 1. The fourth-order valence-electron chi connectivity index (χ4n) is 3.13. The maximum Gasteiger partial charge on any atom is 0.310 e. The first-order chi connectivity index (χ1) is 13.7. The van der Waals surface area contributed by atoms with Crippen LogP contribution < -0.4 is 5.32 Å². The Balaban J connectivity index is 1.86. The molecule has 2 heterocycles. The highest BCUT2D eigenvalue weighted by Crippen LogP contribution is 2.22. The first-order valence-corrected chi connectivity index (χ1v) is 11.1.